The van der Waals surface area contributed by atoms with Gasteiger partial charge in [-0.25, -0.2) is 0 Å². The van der Waals surface area contributed by atoms with Gasteiger partial charge >= 0.3 is 11.9 Å². The number of nitrogens with zero attached hydrogens (tertiary/aromatic N) is 2. The minimum Gasteiger partial charge on any atom is -0.508 e. The number of aliphatic hydroxyl groups is 1. The molecule has 9 heteroatoms. The normalized spacial score (nSPS) is 22.2. The van der Waals surface area contributed by atoms with Gasteiger partial charge in [0.05, 0.1) is 38.3 Å². The Morgan fingerprint density at radius 2 is 1.03 bits per heavy atom. The molecule has 8 rings (SSSR count). The van der Waals surface area contributed by atoms with E-state index in [2.05, 4.69) is 72.2 Å². The number of phenolic OH excluding ortho intramolecular Hbond substituents is 1. The number of carbonyl (C=O) groups excluding carboxylic acids is 2. The van der Waals surface area contributed by atoms with Crippen LogP contribution in [-0.2, 0) is 32.2 Å². The monoisotopic (exact) mass is 837 g/mol. The minimum atomic E-state index is -0.116. The third-order valence-electron chi connectivity index (χ3n) is 13.4. The number of phenols is 1. The first-order valence-electron chi connectivity index (χ1n) is 23.3. The van der Waals surface area contributed by atoms with E-state index in [1.165, 1.54) is 113 Å². The molecule has 0 bridgehead atoms. The minimum absolute atomic E-state index is 0.0212. The second-order valence-corrected chi connectivity index (χ2v) is 18.3. The van der Waals surface area contributed by atoms with Crippen LogP contribution in [0.25, 0.3) is 21.5 Å². The average molecular weight is 837 g/mol. The van der Waals surface area contributed by atoms with E-state index in [0.717, 1.165) is 80.5 Å². The van der Waals surface area contributed by atoms with Gasteiger partial charge in [-0.15, -0.1) is 0 Å². The van der Waals surface area contributed by atoms with E-state index in [-0.39, 0.29) is 35.6 Å². The molecule has 9 nitrogen and oxygen atoms in total. The first kappa shape index (κ1) is 46.3. The van der Waals surface area contributed by atoms with Crippen molar-refractivity contribution in [2.24, 2.45) is 23.7 Å². The lowest BCUT2D eigenvalue weighted by molar-refractivity contribution is -0.152. The Bertz CT molecular complexity index is 1970. The maximum Gasteiger partial charge on any atom is 0.311 e. The Hall–Kier alpha value is -4.18. The van der Waals surface area contributed by atoms with Gasteiger partial charge in [-0.1, -0.05) is 88.8 Å². The molecule has 4 fully saturated rings. The zero-order valence-corrected chi connectivity index (χ0v) is 37.4. The second-order valence-electron chi connectivity index (χ2n) is 18.3. The van der Waals surface area contributed by atoms with E-state index in [1.807, 2.05) is 12.1 Å². The highest BCUT2D eigenvalue weighted by atomic mass is 16.5. The van der Waals surface area contributed by atoms with Crippen LogP contribution in [0.3, 0.4) is 0 Å². The molecule has 0 atom stereocenters. The van der Waals surface area contributed by atoms with Crippen LogP contribution in [0, 0.1) is 23.7 Å². The molecule has 2 saturated carbocycles. The maximum atomic E-state index is 11.5. The fourth-order valence-electron chi connectivity index (χ4n) is 9.52. The van der Waals surface area contributed by atoms with Crippen molar-refractivity contribution in [2.45, 2.75) is 129 Å². The van der Waals surface area contributed by atoms with E-state index in [1.54, 1.807) is 12.1 Å². The van der Waals surface area contributed by atoms with Gasteiger partial charge in [-0.3, -0.25) is 19.4 Å². The summed E-state index contributed by atoms with van der Waals surface area (Å²) in [6, 6.07) is 24.7. The molecule has 0 spiro atoms. The van der Waals surface area contributed by atoms with Gasteiger partial charge in [0.1, 0.15) is 11.5 Å². The molecular formula is C52H72N2O7. The van der Waals surface area contributed by atoms with Crippen LogP contribution in [-0.4, -0.2) is 84.6 Å². The van der Waals surface area contributed by atoms with Crippen molar-refractivity contribution >= 4 is 33.5 Å². The number of hydrogen-bond donors (Lipinski definition) is 2. The van der Waals surface area contributed by atoms with E-state index in [9.17, 15) is 19.8 Å². The lowest BCUT2D eigenvalue weighted by Crippen LogP contribution is -2.49. The van der Waals surface area contributed by atoms with Crippen LogP contribution >= 0.6 is 0 Å². The molecule has 332 valence electrons. The number of fused-ring (bicyclic) bond motifs is 2. The van der Waals surface area contributed by atoms with E-state index < -0.39 is 0 Å². The summed E-state index contributed by atoms with van der Waals surface area (Å²) in [5.74, 6) is 2.98. The van der Waals surface area contributed by atoms with Crippen LogP contribution in [0.15, 0.2) is 72.8 Å². The fourth-order valence-corrected chi connectivity index (χ4v) is 9.52. The van der Waals surface area contributed by atoms with Gasteiger partial charge in [0.15, 0.2) is 0 Å². The summed E-state index contributed by atoms with van der Waals surface area (Å²) < 4.78 is 15.9. The largest absolute Gasteiger partial charge is 0.508 e. The first-order chi connectivity index (χ1) is 29.6. The standard InChI is InChI=1S/C26H35NO3.C16H17NO3.C10H20O/c1-3-4-5-19-7-11-24(12-8-19)30-25-13-10-21-14-20(6-9-22(21)15-25)16-27-17-23(18-27)26(28)29-2;1-20-16(19)14-9-17(10-14)8-11-2-3-13-7-15(18)5-4-12(13)6-11;1-2-3-4-9-5-7-10(11)8-6-9/h6,9-10,13-15,19,23-24H,3-5,7-8,11-12,16-18H2,1-2H3;2-7,14,18H,8-10H2,1H3;9-11H,2-8H2,1H3. The highest BCUT2D eigenvalue weighted by Gasteiger charge is 2.34. The van der Waals surface area contributed by atoms with E-state index in [0.29, 0.717) is 6.10 Å². The highest BCUT2D eigenvalue weighted by molar-refractivity contribution is 5.85. The Morgan fingerprint density at radius 3 is 1.52 bits per heavy atom. The summed E-state index contributed by atoms with van der Waals surface area (Å²) >= 11 is 0. The zero-order chi connectivity index (χ0) is 43.1. The van der Waals surface area contributed by atoms with Gasteiger partial charge in [0.2, 0.25) is 0 Å². The molecule has 2 aliphatic carbocycles. The van der Waals surface area contributed by atoms with Gasteiger partial charge in [0, 0.05) is 39.3 Å². The fraction of sp³-hybridized carbons (Fsp3) is 0.577. The second kappa shape index (κ2) is 23.3. The lowest BCUT2D eigenvalue weighted by Gasteiger charge is -2.37. The lowest BCUT2D eigenvalue weighted by atomic mass is 9.84. The topological polar surface area (TPSA) is 109 Å². The molecular weight excluding hydrogens is 765 g/mol. The smallest absolute Gasteiger partial charge is 0.311 e. The molecule has 2 aliphatic heterocycles. The predicted octanol–water partition coefficient (Wildman–Crippen LogP) is 10.5. The van der Waals surface area contributed by atoms with E-state index >= 15 is 0 Å². The van der Waals surface area contributed by atoms with Crippen LogP contribution in [0.2, 0.25) is 0 Å². The predicted molar refractivity (Wildman–Crippen MR) is 245 cm³/mol. The number of carbonyl (C=O) groups is 2. The first-order valence-corrected chi connectivity index (χ1v) is 23.3. The summed E-state index contributed by atoms with van der Waals surface area (Å²) in [6.07, 6.45) is 18.2. The molecule has 2 saturated heterocycles. The number of benzene rings is 4. The molecule has 4 aliphatic rings. The van der Waals surface area contributed by atoms with Crippen molar-refractivity contribution in [1.29, 1.82) is 0 Å². The van der Waals surface area contributed by atoms with Crippen molar-refractivity contribution in [2.75, 3.05) is 40.4 Å². The zero-order valence-electron chi connectivity index (χ0n) is 37.4. The summed E-state index contributed by atoms with van der Waals surface area (Å²) in [4.78, 5) is 27.4. The molecule has 4 aromatic rings. The van der Waals surface area contributed by atoms with Gasteiger partial charge in [-0.2, -0.15) is 0 Å². The van der Waals surface area contributed by atoms with Gasteiger partial charge < -0.3 is 24.4 Å². The molecule has 4 aromatic carbocycles. The number of esters is 2. The molecule has 0 unspecified atom stereocenters. The number of hydrogen-bond acceptors (Lipinski definition) is 9. The number of aromatic hydroxyl groups is 1. The Balaban J connectivity index is 0.000000172. The number of ether oxygens (including phenoxy) is 3. The number of likely N-dealkylation sites (tertiary alicyclic amines) is 2. The van der Waals surface area contributed by atoms with Crippen molar-refractivity contribution in [1.82, 2.24) is 9.80 Å². The molecule has 0 radical (unpaired) electrons. The Morgan fingerprint density at radius 1 is 0.590 bits per heavy atom. The number of unbranched alkanes of at least 4 members (excludes halogenated alkanes) is 2. The Kier molecular flexibility index (Phi) is 17.7. The summed E-state index contributed by atoms with van der Waals surface area (Å²) in [5.41, 5.74) is 2.50. The maximum absolute atomic E-state index is 11.5. The SMILES string of the molecule is CCCCC1CCC(O)CC1.CCCCC1CCC(Oc2ccc3cc(CN4CC(C(=O)OC)C4)ccc3c2)CC1.COC(=O)C1CN(Cc2ccc3cc(O)ccc3c2)C1. The molecule has 2 N–H and O–H groups in total. The van der Waals surface area contributed by atoms with Crippen molar-refractivity contribution in [3.63, 3.8) is 0 Å². The molecule has 61 heavy (non-hydrogen) atoms. The van der Waals surface area contributed by atoms with Crippen LogP contribution in [0.5, 0.6) is 11.5 Å². The third kappa shape index (κ3) is 13.9. The van der Waals surface area contributed by atoms with Crippen LogP contribution in [0.4, 0.5) is 0 Å². The number of rotatable bonds is 14. The summed E-state index contributed by atoms with van der Waals surface area (Å²) in [6.45, 7) is 9.35. The van der Waals surface area contributed by atoms with Crippen molar-refractivity contribution in [3.05, 3.63) is 83.9 Å². The Labute approximate surface area is 364 Å². The van der Waals surface area contributed by atoms with Gasteiger partial charge in [-0.05, 0) is 132 Å². The summed E-state index contributed by atoms with van der Waals surface area (Å²) in [5, 5.41) is 23.3. The number of aliphatic hydroxyl groups excluding tert-OH is 1. The van der Waals surface area contributed by atoms with Crippen LogP contribution in [0.1, 0.15) is 115 Å². The average Bonchev–Trinajstić information content (AvgIpc) is 3.25. The quantitative estimate of drug-likeness (QED) is 0.120. The van der Waals surface area contributed by atoms with Crippen molar-refractivity contribution in [3.8, 4) is 11.5 Å². The van der Waals surface area contributed by atoms with Crippen LogP contribution < -0.4 is 4.74 Å². The highest BCUT2D eigenvalue weighted by Crippen LogP contribution is 2.33. The molecule has 0 amide bonds. The van der Waals surface area contributed by atoms with E-state index in [4.69, 9.17) is 14.2 Å². The molecule has 2 heterocycles. The third-order valence-corrected chi connectivity index (χ3v) is 13.4. The summed E-state index contributed by atoms with van der Waals surface area (Å²) in [7, 11) is 2.90. The van der Waals surface area contributed by atoms with Crippen molar-refractivity contribution < 1.29 is 34.0 Å². The number of methoxy groups -OCH3 is 2. The molecule has 0 aromatic heterocycles. The van der Waals surface area contributed by atoms with Gasteiger partial charge in [0.25, 0.3) is 0 Å².